The molecule has 0 spiro atoms. The molecule has 1 amide bonds. The average molecular weight is 477 g/mol. The van der Waals surface area contributed by atoms with Gasteiger partial charge in [0.05, 0.1) is 32.7 Å². The zero-order valence-corrected chi connectivity index (χ0v) is 20.1. The molecule has 0 radical (unpaired) electrons. The van der Waals surface area contributed by atoms with Crippen molar-refractivity contribution >= 4 is 29.1 Å². The van der Waals surface area contributed by atoms with Crippen LogP contribution in [-0.2, 0) is 4.79 Å². The third-order valence-corrected chi connectivity index (χ3v) is 5.76. The Balaban J connectivity index is 1.54. The molecule has 4 aromatic rings. The Labute approximate surface area is 201 Å². The highest BCUT2D eigenvalue weighted by molar-refractivity contribution is 7.12. The first-order chi connectivity index (χ1) is 16.5. The van der Waals surface area contributed by atoms with Crippen molar-refractivity contribution in [2.45, 2.75) is 6.92 Å². The van der Waals surface area contributed by atoms with Gasteiger partial charge < -0.3 is 19.5 Å². The molecule has 2 aromatic carbocycles. The third-order valence-electron chi connectivity index (χ3n) is 4.94. The summed E-state index contributed by atoms with van der Waals surface area (Å²) in [5.74, 6) is 1.73. The summed E-state index contributed by atoms with van der Waals surface area (Å²) >= 11 is 1.45. The second kappa shape index (κ2) is 10.2. The Bertz CT molecular complexity index is 1300. The first-order valence-corrected chi connectivity index (χ1v) is 11.3. The molecule has 0 saturated carbocycles. The van der Waals surface area contributed by atoms with Crippen molar-refractivity contribution in [3.05, 3.63) is 71.2 Å². The summed E-state index contributed by atoms with van der Waals surface area (Å²) in [7, 11) is 4.63. The van der Waals surface area contributed by atoms with Gasteiger partial charge in [-0.05, 0) is 30.7 Å². The van der Waals surface area contributed by atoms with Gasteiger partial charge >= 0.3 is 0 Å². The molecular weight excluding hydrogens is 452 g/mol. The molecule has 0 fully saturated rings. The predicted molar refractivity (Wildman–Crippen MR) is 133 cm³/mol. The second-order valence-corrected chi connectivity index (χ2v) is 8.08. The molecular formula is C25H24N4O4S. The number of carbonyl (C=O) groups is 1. The van der Waals surface area contributed by atoms with Gasteiger partial charge in [-0.25, -0.2) is 4.98 Å². The van der Waals surface area contributed by atoms with E-state index in [4.69, 9.17) is 19.2 Å². The summed E-state index contributed by atoms with van der Waals surface area (Å²) in [5.41, 5.74) is 3.36. The highest BCUT2D eigenvalue weighted by atomic mass is 32.1. The number of ether oxygens (including phenoxy) is 3. The van der Waals surface area contributed by atoms with Crippen LogP contribution in [0.15, 0.2) is 60.0 Å². The molecule has 8 nitrogen and oxygen atoms in total. The van der Waals surface area contributed by atoms with E-state index in [1.807, 2.05) is 42.6 Å². The number of carbonyl (C=O) groups excluding carboxylic acids is 1. The molecule has 0 atom stereocenters. The topological polar surface area (TPSA) is 87.5 Å². The molecule has 174 valence electrons. The van der Waals surface area contributed by atoms with Gasteiger partial charge in [0, 0.05) is 23.1 Å². The number of anilines is 1. The number of benzene rings is 2. The SMILES string of the molecule is COc1cc(/C=C/C(=O)Nc2cc(C)nn2-c2nc(-c3ccccc3)cs2)cc(OC)c1OC. The lowest BCUT2D eigenvalue weighted by Gasteiger charge is -2.12. The Morgan fingerprint density at radius 1 is 1.03 bits per heavy atom. The molecule has 0 unspecified atom stereocenters. The minimum Gasteiger partial charge on any atom is -0.493 e. The lowest BCUT2D eigenvalue weighted by molar-refractivity contribution is -0.111. The fourth-order valence-electron chi connectivity index (χ4n) is 3.37. The number of methoxy groups -OCH3 is 3. The Morgan fingerprint density at radius 2 is 1.74 bits per heavy atom. The fraction of sp³-hybridized carbons (Fsp3) is 0.160. The molecule has 0 aliphatic carbocycles. The van der Waals surface area contributed by atoms with Crippen LogP contribution in [0.5, 0.6) is 17.2 Å². The van der Waals surface area contributed by atoms with Crippen molar-refractivity contribution in [1.29, 1.82) is 0 Å². The molecule has 9 heteroatoms. The molecule has 2 heterocycles. The van der Waals surface area contributed by atoms with Gasteiger partial charge in [-0.2, -0.15) is 9.78 Å². The van der Waals surface area contributed by atoms with Crippen LogP contribution in [0.25, 0.3) is 22.5 Å². The molecule has 1 N–H and O–H groups in total. The van der Waals surface area contributed by atoms with Crippen LogP contribution >= 0.6 is 11.3 Å². The van der Waals surface area contributed by atoms with Crippen molar-refractivity contribution in [2.75, 3.05) is 26.6 Å². The maximum absolute atomic E-state index is 12.7. The number of thiazole rings is 1. The Morgan fingerprint density at radius 3 is 2.38 bits per heavy atom. The highest BCUT2D eigenvalue weighted by Gasteiger charge is 2.15. The van der Waals surface area contributed by atoms with Crippen molar-refractivity contribution in [1.82, 2.24) is 14.8 Å². The van der Waals surface area contributed by atoms with Gasteiger partial charge in [-0.3, -0.25) is 4.79 Å². The summed E-state index contributed by atoms with van der Waals surface area (Å²) in [6.45, 7) is 1.86. The second-order valence-electron chi connectivity index (χ2n) is 7.25. The average Bonchev–Trinajstić information content (AvgIpc) is 3.49. The number of nitrogens with zero attached hydrogens (tertiary/aromatic N) is 3. The molecule has 0 saturated heterocycles. The van der Waals surface area contributed by atoms with Crippen LogP contribution in [0.1, 0.15) is 11.3 Å². The van der Waals surface area contributed by atoms with E-state index in [0.717, 1.165) is 22.5 Å². The predicted octanol–water partition coefficient (Wildman–Crippen LogP) is 4.98. The van der Waals surface area contributed by atoms with E-state index in [1.165, 1.54) is 17.4 Å². The van der Waals surface area contributed by atoms with Gasteiger partial charge in [0.1, 0.15) is 5.82 Å². The number of amides is 1. The van der Waals surface area contributed by atoms with E-state index >= 15 is 0 Å². The Hall–Kier alpha value is -4.11. The smallest absolute Gasteiger partial charge is 0.249 e. The lowest BCUT2D eigenvalue weighted by Crippen LogP contribution is -2.12. The van der Waals surface area contributed by atoms with Gasteiger partial charge in [0.2, 0.25) is 16.8 Å². The summed E-state index contributed by atoms with van der Waals surface area (Å²) in [5, 5.41) is 10.0. The van der Waals surface area contributed by atoms with E-state index in [2.05, 4.69) is 10.4 Å². The zero-order chi connectivity index (χ0) is 24.1. The van der Waals surface area contributed by atoms with Crippen LogP contribution in [0.2, 0.25) is 0 Å². The van der Waals surface area contributed by atoms with Gasteiger partial charge in [-0.15, -0.1) is 11.3 Å². The fourth-order valence-corrected chi connectivity index (χ4v) is 4.17. The summed E-state index contributed by atoms with van der Waals surface area (Å²) < 4.78 is 17.7. The largest absolute Gasteiger partial charge is 0.493 e. The number of hydrogen-bond donors (Lipinski definition) is 1. The first-order valence-electron chi connectivity index (χ1n) is 10.4. The maximum Gasteiger partial charge on any atom is 0.249 e. The van der Waals surface area contributed by atoms with Crippen LogP contribution in [-0.4, -0.2) is 42.0 Å². The van der Waals surface area contributed by atoms with E-state index < -0.39 is 0 Å². The lowest BCUT2D eigenvalue weighted by atomic mass is 10.1. The van der Waals surface area contributed by atoms with Crippen LogP contribution in [0.3, 0.4) is 0 Å². The highest BCUT2D eigenvalue weighted by Crippen LogP contribution is 2.38. The van der Waals surface area contributed by atoms with Crippen molar-refractivity contribution < 1.29 is 19.0 Å². The normalized spacial score (nSPS) is 10.9. The molecule has 0 aliphatic rings. The number of aromatic nitrogens is 3. The molecule has 0 bridgehead atoms. The first kappa shape index (κ1) is 23.1. The molecule has 0 aliphatic heterocycles. The van der Waals surface area contributed by atoms with Gasteiger partial charge in [-0.1, -0.05) is 30.3 Å². The quantitative estimate of drug-likeness (QED) is 0.361. The van der Waals surface area contributed by atoms with E-state index in [-0.39, 0.29) is 5.91 Å². The van der Waals surface area contributed by atoms with Gasteiger partial charge in [0.15, 0.2) is 11.5 Å². The van der Waals surface area contributed by atoms with E-state index in [0.29, 0.717) is 28.2 Å². The van der Waals surface area contributed by atoms with Gasteiger partial charge in [0.25, 0.3) is 0 Å². The van der Waals surface area contributed by atoms with Crippen LogP contribution < -0.4 is 19.5 Å². The van der Waals surface area contributed by atoms with Crippen LogP contribution in [0.4, 0.5) is 5.82 Å². The van der Waals surface area contributed by atoms with E-state index in [1.54, 1.807) is 50.3 Å². The maximum atomic E-state index is 12.7. The third kappa shape index (κ3) is 4.94. The number of nitrogens with one attached hydrogen (secondary N) is 1. The monoisotopic (exact) mass is 476 g/mol. The summed E-state index contributed by atoms with van der Waals surface area (Å²) in [6, 6.07) is 15.2. The van der Waals surface area contributed by atoms with Crippen molar-refractivity contribution in [2.24, 2.45) is 0 Å². The van der Waals surface area contributed by atoms with Crippen molar-refractivity contribution in [3.8, 4) is 33.6 Å². The zero-order valence-electron chi connectivity index (χ0n) is 19.2. The summed E-state index contributed by atoms with van der Waals surface area (Å²) in [6.07, 6.45) is 3.11. The minimum atomic E-state index is -0.310. The summed E-state index contributed by atoms with van der Waals surface area (Å²) in [4.78, 5) is 17.4. The molecule has 34 heavy (non-hydrogen) atoms. The van der Waals surface area contributed by atoms with Crippen molar-refractivity contribution in [3.63, 3.8) is 0 Å². The van der Waals surface area contributed by atoms with E-state index in [9.17, 15) is 4.79 Å². The van der Waals surface area contributed by atoms with Crippen LogP contribution in [0, 0.1) is 6.92 Å². The number of rotatable bonds is 8. The molecule has 4 rings (SSSR count). The number of aryl methyl sites for hydroxylation is 1. The Kier molecular flexibility index (Phi) is 6.93. The minimum absolute atomic E-state index is 0.310. The number of hydrogen-bond acceptors (Lipinski definition) is 7. The molecule has 2 aromatic heterocycles. The standard InChI is InChI=1S/C25H24N4O4S/c1-16-12-22(29(28-16)25-26-19(15-34-25)18-8-6-5-7-9-18)27-23(30)11-10-17-13-20(31-2)24(33-4)21(14-17)32-3/h5-15H,1-4H3,(H,27,30)/b11-10+.